The average Bonchev–Trinajstić information content (AvgIpc) is 3.34. The summed E-state index contributed by atoms with van der Waals surface area (Å²) in [5.41, 5.74) is 7.24. The van der Waals surface area contributed by atoms with Crippen LogP contribution >= 0.6 is 0 Å². The van der Waals surface area contributed by atoms with E-state index in [-0.39, 0.29) is 35.1 Å². The predicted octanol–water partition coefficient (Wildman–Crippen LogP) is 2.37. The number of allylic oxidation sites excluding steroid dienone is 1. The van der Waals surface area contributed by atoms with Gasteiger partial charge in [0.25, 0.3) is 0 Å². The van der Waals surface area contributed by atoms with Gasteiger partial charge >= 0.3 is 11.9 Å². The van der Waals surface area contributed by atoms with E-state index in [2.05, 4.69) is 6.07 Å². The number of benzene rings is 2. The van der Waals surface area contributed by atoms with Crippen molar-refractivity contribution in [2.45, 2.75) is 18.9 Å². The molecule has 35 heavy (non-hydrogen) atoms. The molecule has 3 N–H and O–H groups in total. The number of nitrogens with two attached hydrogens (primary N) is 1. The third-order valence-corrected chi connectivity index (χ3v) is 5.82. The smallest absolute Gasteiger partial charge is 0.355 e. The quantitative estimate of drug-likeness (QED) is 0.616. The van der Waals surface area contributed by atoms with Gasteiger partial charge in [-0.15, -0.1) is 0 Å². The van der Waals surface area contributed by atoms with E-state index in [0.717, 1.165) is 7.11 Å². The molecule has 0 bridgehead atoms. The first-order chi connectivity index (χ1) is 16.8. The topological polar surface area (TPSA) is 144 Å². The molecular weight excluding hydrogens is 454 g/mol. The first-order valence-corrected chi connectivity index (χ1v) is 10.6. The van der Waals surface area contributed by atoms with Gasteiger partial charge in [-0.2, -0.15) is 5.26 Å². The number of anilines is 1. The maximum atomic E-state index is 13.2. The Morgan fingerprint density at radius 2 is 1.77 bits per heavy atom. The van der Waals surface area contributed by atoms with Gasteiger partial charge in [0.05, 0.1) is 49.1 Å². The van der Waals surface area contributed by atoms with Crippen LogP contribution in [0.5, 0.6) is 11.5 Å². The zero-order valence-corrected chi connectivity index (χ0v) is 19.3. The fraction of sp³-hybridized carbons (Fsp3) is 0.240. The molecule has 10 nitrogen and oxygen atoms in total. The molecule has 2 aliphatic rings. The van der Waals surface area contributed by atoms with E-state index >= 15 is 0 Å². The number of rotatable bonds is 5. The Hall–Kier alpha value is -4.49. The summed E-state index contributed by atoms with van der Waals surface area (Å²) < 4.78 is 21.0. The summed E-state index contributed by atoms with van der Waals surface area (Å²) in [6, 6.07) is 13.8. The fourth-order valence-electron chi connectivity index (χ4n) is 4.24. The first-order valence-electron chi connectivity index (χ1n) is 10.6. The molecule has 2 aliphatic heterocycles. The van der Waals surface area contributed by atoms with Crippen molar-refractivity contribution in [3.05, 3.63) is 76.3 Å². The minimum Gasteiger partial charge on any atom is -0.466 e. The summed E-state index contributed by atoms with van der Waals surface area (Å²) in [5.74, 6) is -2.11. The number of hydrogen-bond acceptors (Lipinski definition) is 10. The molecule has 0 spiro atoms. The molecule has 2 atom stereocenters. The van der Waals surface area contributed by atoms with Crippen molar-refractivity contribution in [1.29, 1.82) is 5.26 Å². The molecule has 0 saturated heterocycles. The van der Waals surface area contributed by atoms with Gasteiger partial charge in [0.15, 0.2) is 11.5 Å². The second kappa shape index (κ2) is 9.40. The Labute approximate surface area is 201 Å². The number of esters is 2. The maximum Gasteiger partial charge on any atom is 0.355 e. The van der Waals surface area contributed by atoms with Crippen molar-refractivity contribution in [2.75, 3.05) is 25.9 Å². The summed E-state index contributed by atoms with van der Waals surface area (Å²) in [4.78, 5) is 27.6. The lowest BCUT2D eigenvalue weighted by molar-refractivity contribution is -0.139. The monoisotopic (exact) mass is 477 g/mol. The maximum absolute atomic E-state index is 13.2. The average molecular weight is 477 g/mol. The van der Waals surface area contributed by atoms with Gasteiger partial charge in [-0.1, -0.05) is 30.3 Å². The molecule has 4 rings (SSSR count). The summed E-state index contributed by atoms with van der Waals surface area (Å²) >= 11 is 0. The van der Waals surface area contributed by atoms with Gasteiger partial charge in [0.2, 0.25) is 6.79 Å². The molecule has 2 heterocycles. The second-order valence-electron chi connectivity index (χ2n) is 7.78. The zero-order chi connectivity index (χ0) is 25.3. The van der Waals surface area contributed by atoms with Gasteiger partial charge < -0.3 is 29.8 Å². The van der Waals surface area contributed by atoms with Crippen LogP contribution in [0.2, 0.25) is 0 Å². The van der Waals surface area contributed by atoms with Crippen LogP contribution in [-0.4, -0.2) is 38.1 Å². The molecule has 0 saturated carbocycles. The van der Waals surface area contributed by atoms with Crippen molar-refractivity contribution in [3.8, 4) is 17.6 Å². The lowest BCUT2D eigenvalue weighted by Gasteiger charge is -2.37. The van der Waals surface area contributed by atoms with Crippen LogP contribution in [0.1, 0.15) is 30.1 Å². The fourth-order valence-corrected chi connectivity index (χ4v) is 4.24. The lowest BCUT2D eigenvalue weighted by Crippen LogP contribution is -2.41. The van der Waals surface area contributed by atoms with Crippen LogP contribution in [0.3, 0.4) is 0 Å². The van der Waals surface area contributed by atoms with Crippen molar-refractivity contribution < 1.29 is 33.6 Å². The molecule has 0 aliphatic carbocycles. The highest BCUT2D eigenvalue weighted by molar-refractivity contribution is 6.06. The van der Waals surface area contributed by atoms with Crippen molar-refractivity contribution in [3.63, 3.8) is 0 Å². The van der Waals surface area contributed by atoms with Crippen LogP contribution in [-0.2, 0) is 19.1 Å². The Kier molecular flexibility index (Phi) is 6.36. The van der Waals surface area contributed by atoms with Crippen molar-refractivity contribution in [2.24, 2.45) is 5.73 Å². The Morgan fingerprint density at radius 3 is 2.34 bits per heavy atom. The molecule has 2 unspecified atom stereocenters. The van der Waals surface area contributed by atoms with E-state index in [1.165, 1.54) is 25.0 Å². The van der Waals surface area contributed by atoms with E-state index in [1.54, 1.807) is 36.4 Å². The van der Waals surface area contributed by atoms with E-state index in [4.69, 9.17) is 24.7 Å². The van der Waals surface area contributed by atoms with Crippen LogP contribution in [0, 0.1) is 11.3 Å². The third kappa shape index (κ3) is 3.92. The summed E-state index contributed by atoms with van der Waals surface area (Å²) in [5, 5.41) is 20.7. The third-order valence-electron chi connectivity index (χ3n) is 5.82. The van der Waals surface area contributed by atoms with Gasteiger partial charge in [-0.25, -0.2) is 9.59 Å². The highest BCUT2D eigenvalue weighted by Gasteiger charge is 2.44. The molecule has 180 valence electrons. The number of fused-ring (bicyclic) bond motifs is 1. The standard InChI is InChI=1S/C25H23N3O7/c1-13(29)15-9-18-19(35-12-34-18)10-17(15)28-22(25(31)33-3)21(24(30)32-2)20(16(11-26)23(28)27)14-7-5-4-6-8-14/h4-10,13,20,29H,12,27H2,1-3H3. The van der Waals surface area contributed by atoms with Gasteiger partial charge in [-0.3, -0.25) is 4.90 Å². The van der Waals surface area contributed by atoms with Crippen LogP contribution in [0.25, 0.3) is 0 Å². The number of nitrogens with zero attached hydrogens (tertiary/aromatic N) is 2. The minimum absolute atomic E-state index is 0.0125. The van der Waals surface area contributed by atoms with Crippen LogP contribution < -0.4 is 20.1 Å². The second-order valence-corrected chi connectivity index (χ2v) is 7.78. The summed E-state index contributed by atoms with van der Waals surface area (Å²) in [6.45, 7) is 1.49. The molecule has 0 amide bonds. The largest absolute Gasteiger partial charge is 0.466 e. The number of nitriles is 1. The minimum atomic E-state index is -1.04. The highest BCUT2D eigenvalue weighted by atomic mass is 16.7. The number of ether oxygens (including phenoxy) is 4. The SMILES string of the molecule is COC(=O)C1=C(C(=O)OC)N(c2cc3c(cc2C(C)O)OCO3)C(N)=C(C#N)C1c1ccccc1. The molecule has 2 aromatic carbocycles. The molecule has 0 fully saturated rings. The number of carbonyl (C=O) groups excluding carboxylic acids is 2. The van der Waals surface area contributed by atoms with Gasteiger partial charge in [0, 0.05) is 11.6 Å². The lowest BCUT2D eigenvalue weighted by atomic mass is 9.80. The van der Waals surface area contributed by atoms with Crippen molar-refractivity contribution >= 4 is 17.6 Å². The van der Waals surface area contributed by atoms with E-state index < -0.39 is 24.0 Å². The number of hydrogen-bond donors (Lipinski definition) is 2. The number of carbonyl (C=O) groups is 2. The number of aliphatic hydroxyl groups excluding tert-OH is 1. The molecule has 10 heteroatoms. The Bertz CT molecular complexity index is 1290. The Balaban J connectivity index is 2.10. The number of aliphatic hydroxyl groups is 1. The highest BCUT2D eigenvalue weighted by Crippen LogP contribution is 2.47. The van der Waals surface area contributed by atoms with E-state index in [9.17, 15) is 20.0 Å². The molecule has 2 aromatic rings. The molecule has 0 aromatic heterocycles. The zero-order valence-electron chi connectivity index (χ0n) is 19.3. The Morgan fingerprint density at radius 1 is 1.14 bits per heavy atom. The van der Waals surface area contributed by atoms with Crippen LogP contribution in [0.4, 0.5) is 5.69 Å². The van der Waals surface area contributed by atoms with E-state index in [0.29, 0.717) is 22.6 Å². The summed E-state index contributed by atoms with van der Waals surface area (Å²) in [6.07, 6.45) is -1.04. The summed E-state index contributed by atoms with van der Waals surface area (Å²) in [7, 11) is 2.33. The number of methoxy groups -OCH3 is 2. The first kappa shape index (κ1) is 23.7. The van der Waals surface area contributed by atoms with Gasteiger partial charge in [-0.05, 0) is 18.6 Å². The van der Waals surface area contributed by atoms with Gasteiger partial charge in [0.1, 0.15) is 11.5 Å². The van der Waals surface area contributed by atoms with E-state index in [1.807, 2.05) is 0 Å². The predicted molar refractivity (Wildman–Crippen MR) is 123 cm³/mol. The molecular formula is C25H23N3O7. The normalized spacial score (nSPS) is 17.7. The van der Waals surface area contributed by atoms with Crippen molar-refractivity contribution in [1.82, 2.24) is 0 Å². The van der Waals surface area contributed by atoms with Crippen LogP contribution in [0.15, 0.2) is 65.1 Å². The molecule has 0 radical (unpaired) electrons.